The smallest absolute Gasteiger partial charge is 0.262 e. The molecule has 7 heteroatoms. The van der Waals surface area contributed by atoms with Gasteiger partial charge in [0.15, 0.2) is 0 Å². The standard InChI is InChI=1S/C21H20N2O4S/c24-21(22-25)20-12-18-7-3-4-8-19(18)13-23(20)28(26,27)14-15-9-10-16-5-1-2-6-17(16)11-15/h1-11,20,25H,12-14H2,(H,22,24). The largest absolute Gasteiger partial charge is 0.289 e. The highest BCUT2D eigenvalue weighted by molar-refractivity contribution is 7.88. The molecule has 1 aliphatic heterocycles. The van der Waals surface area contributed by atoms with Crippen LogP contribution in [0.3, 0.4) is 0 Å². The van der Waals surface area contributed by atoms with Gasteiger partial charge in [0.05, 0.1) is 5.75 Å². The normalized spacial score (nSPS) is 17.2. The van der Waals surface area contributed by atoms with Crippen LogP contribution < -0.4 is 5.48 Å². The molecule has 1 unspecified atom stereocenters. The molecule has 0 bridgehead atoms. The highest BCUT2D eigenvalue weighted by Gasteiger charge is 2.38. The number of hydrogen-bond donors (Lipinski definition) is 2. The number of fused-ring (bicyclic) bond motifs is 2. The average Bonchev–Trinajstić information content (AvgIpc) is 2.71. The van der Waals surface area contributed by atoms with Crippen LogP contribution in [0.25, 0.3) is 10.8 Å². The maximum Gasteiger partial charge on any atom is 0.262 e. The van der Waals surface area contributed by atoms with Crippen LogP contribution in [0.4, 0.5) is 0 Å². The van der Waals surface area contributed by atoms with Crippen LogP contribution >= 0.6 is 0 Å². The fourth-order valence-corrected chi connectivity index (χ4v) is 5.37. The highest BCUT2D eigenvalue weighted by atomic mass is 32.2. The van der Waals surface area contributed by atoms with Gasteiger partial charge in [-0.25, -0.2) is 13.9 Å². The number of sulfonamides is 1. The lowest BCUT2D eigenvalue weighted by Gasteiger charge is -2.34. The zero-order valence-corrected chi connectivity index (χ0v) is 15.9. The predicted octanol–water partition coefficient (Wildman–Crippen LogP) is 2.60. The zero-order valence-electron chi connectivity index (χ0n) is 15.1. The summed E-state index contributed by atoms with van der Waals surface area (Å²) in [5.74, 6) is -0.938. The second-order valence-electron chi connectivity index (χ2n) is 6.95. The average molecular weight is 396 g/mol. The van der Waals surface area contributed by atoms with Crippen LogP contribution in [0.5, 0.6) is 0 Å². The number of carbonyl (C=O) groups excluding carboxylic acids is 1. The van der Waals surface area contributed by atoms with Crippen LogP contribution in [0.15, 0.2) is 66.7 Å². The van der Waals surface area contributed by atoms with Gasteiger partial charge in [-0.1, -0.05) is 66.7 Å². The van der Waals surface area contributed by atoms with E-state index in [4.69, 9.17) is 5.21 Å². The second-order valence-corrected chi connectivity index (χ2v) is 8.87. The summed E-state index contributed by atoms with van der Waals surface area (Å²) in [7, 11) is -3.79. The summed E-state index contributed by atoms with van der Waals surface area (Å²) in [4.78, 5) is 12.2. The first-order valence-corrected chi connectivity index (χ1v) is 10.6. The topological polar surface area (TPSA) is 86.7 Å². The van der Waals surface area contributed by atoms with Crippen LogP contribution in [0.1, 0.15) is 16.7 Å². The monoisotopic (exact) mass is 396 g/mol. The van der Waals surface area contributed by atoms with Crippen LogP contribution in [0.2, 0.25) is 0 Å². The molecule has 1 amide bonds. The summed E-state index contributed by atoms with van der Waals surface area (Å²) >= 11 is 0. The van der Waals surface area contributed by atoms with Crippen LogP contribution in [-0.2, 0) is 33.5 Å². The number of rotatable bonds is 4. The number of hydrogen-bond acceptors (Lipinski definition) is 4. The summed E-state index contributed by atoms with van der Waals surface area (Å²) in [5.41, 5.74) is 4.04. The van der Waals surface area contributed by atoms with Crippen molar-refractivity contribution < 1.29 is 18.4 Å². The third-order valence-electron chi connectivity index (χ3n) is 5.14. The van der Waals surface area contributed by atoms with Gasteiger partial charge in [-0.3, -0.25) is 10.0 Å². The van der Waals surface area contributed by atoms with Crippen molar-refractivity contribution in [3.63, 3.8) is 0 Å². The molecule has 0 aromatic heterocycles. The van der Waals surface area contributed by atoms with Crippen molar-refractivity contribution in [3.8, 4) is 0 Å². The molecule has 0 fully saturated rings. The molecule has 1 atom stereocenters. The molecule has 144 valence electrons. The number of nitrogens with one attached hydrogen (secondary N) is 1. The minimum Gasteiger partial charge on any atom is -0.289 e. The Morgan fingerprint density at radius 2 is 1.68 bits per heavy atom. The van der Waals surface area contributed by atoms with E-state index < -0.39 is 22.0 Å². The van der Waals surface area contributed by atoms with Crippen molar-refractivity contribution >= 4 is 26.7 Å². The molecule has 4 rings (SSSR count). The van der Waals surface area contributed by atoms with Gasteiger partial charge in [0.25, 0.3) is 5.91 Å². The fourth-order valence-electron chi connectivity index (χ4n) is 3.71. The van der Waals surface area contributed by atoms with Crippen molar-refractivity contribution in [2.45, 2.75) is 24.8 Å². The number of amides is 1. The van der Waals surface area contributed by atoms with Crippen molar-refractivity contribution in [2.75, 3.05) is 0 Å². The van der Waals surface area contributed by atoms with Crippen molar-refractivity contribution in [1.82, 2.24) is 9.79 Å². The highest BCUT2D eigenvalue weighted by Crippen LogP contribution is 2.28. The molecular formula is C21H20N2O4S. The lowest BCUT2D eigenvalue weighted by atomic mass is 9.95. The molecule has 3 aromatic carbocycles. The summed E-state index contributed by atoms with van der Waals surface area (Å²) < 4.78 is 27.6. The molecule has 0 saturated carbocycles. The van der Waals surface area contributed by atoms with Crippen LogP contribution in [-0.4, -0.2) is 29.9 Å². The minimum atomic E-state index is -3.79. The Hall–Kier alpha value is -2.74. The molecule has 28 heavy (non-hydrogen) atoms. The van der Waals surface area contributed by atoms with Crippen LogP contribution in [0, 0.1) is 0 Å². The van der Waals surface area contributed by atoms with Gasteiger partial charge in [0.2, 0.25) is 10.0 Å². The predicted molar refractivity (Wildman–Crippen MR) is 106 cm³/mol. The lowest BCUT2D eigenvalue weighted by Crippen LogP contribution is -2.52. The minimum absolute atomic E-state index is 0.101. The van der Waals surface area contributed by atoms with Gasteiger partial charge in [-0.05, 0) is 33.9 Å². The van der Waals surface area contributed by atoms with Crippen molar-refractivity contribution in [1.29, 1.82) is 0 Å². The number of benzene rings is 3. The first kappa shape index (κ1) is 18.6. The third-order valence-corrected chi connectivity index (χ3v) is 6.93. The van der Waals surface area contributed by atoms with Crippen molar-refractivity contribution in [3.05, 3.63) is 83.4 Å². The molecule has 1 aliphatic rings. The van der Waals surface area contributed by atoms with E-state index in [0.29, 0.717) is 5.56 Å². The molecule has 0 spiro atoms. The van der Waals surface area contributed by atoms with E-state index in [0.717, 1.165) is 21.9 Å². The van der Waals surface area contributed by atoms with Gasteiger partial charge >= 0.3 is 0 Å². The van der Waals surface area contributed by atoms with Gasteiger partial charge < -0.3 is 0 Å². The molecule has 0 radical (unpaired) electrons. The second kappa shape index (κ2) is 7.35. The Morgan fingerprint density at radius 3 is 2.43 bits per heavy atom. The van der Waals surface area contributed by atoms with E-state index in [9.17, 15) is 13.2 Å². The summed E-state index contributed by atoms with van der Waals surface area (Å²) in [5, 5.41) is 11.1. The third kappa shape index (κ3) is 3.52. The fraction of sp³-hybridized carbons (Fsp3) is 0.190. The quantitative estimate of drug-likeness (QED) is 0.524. The molecule has 0 aliphatic carbocycles. The molecule has 0 saturated heterocycles. The number of nitrogens with zero attached hydrogens (tertiary/aromatic N) is 1. The zero-order chi connectivity index (χ0) is 19.7. The Labute approximate surface area is 163 Å². The van der Waals surface area contributed by atoms with Gasteiger partial charge in [0.1, 0.15) is 6.04 Å². The maximum absolute atomic E-state index is 13.2. The van der Waals surface area contributed by atoms with Gasteiger partial charge in [-0.15, -0.1) is 0 Å². The summed E-state index contributed by atoms with van der Waals surface area (Å²) in [6, 6.07) is 19.7. The molecule has 6 nitrogen and oxygen atoms in total. The SMILES string of the molecule is O=C(NO)C1Cc2ccccc2CN1S(=O)(=O)Cc1ccc2ccccc2c1. The lowest BCUT2D eigenvalue weighted by molar-refractivity contribution is -0.133. The first-order valence-electron chi connectivity index (χ1n) is 8.96. The summed E-state index contributed by atoms with van der Waals surface area (Å²) in [6.07, 6.45) is 0.222. The van der Waals surface area contributed by atoms with E-state index in [1.807, 2.05) is 60.7 Å². The van der Waals surface area contributed by atoms with E-state index in [1.54, 1.807) is 11.5 Å². The van der Waals surface area contributed by atoms with E-state index in [2.05, 4.69) is 0 Å². The van der Waals surface area contributed by atoms with Gasteiger partial charge in [0, 0.05) is 6.54 Å². The summed E-state index contributed by atoms with van der Waals surface area (Å²) in [6.45, 7) is 0.101. The number of hydroxylamine groups is 1. The molecule has 1 heterocycles. The van der Waals surface area contributed by atoms with Gasteiger partial charge in [-0.2, -0.15) is 4.31 Å². The van der Waals surface area contributed by atoms with E-state index in [1.165, 1.54) is 4.31 Å². The number of carbonyl (C=O) groups is 1. The first-order chi connectivity index (χ1) is 13.5. The molecular weight excluding hydrogens is 376 g/mol. The Balaban J connectivity index is 1.68. The molecule has 3 aromatic rings. The Bertz CT molecular complexity index is 1140. The Morgan fingerprint density at radius 1 is 1.00 bits per heavy atom. The van der Waals surface area contributed by atoms with Crippen molar-refractivity contribution in [2.24, 2.45) is 0 Å². The maximum atomic E-state index is 13.2. The van der Waals surface area contributed by atoms with E-state index >= 15 is 0 Å². The van der Waals surface area contributed by atoms with E-state index in [-0.39, 0.29) is 18.7 Å². The molecule has 2 N–H and O–H groups in total. The Kier molecular flexibility index (Phi) is 4.89.